The number of para-hydroxylation sites is 2. The lowest BCUT2D eigenvalue weighted by molar-refractivity contribution is -0.121. The van der Waals surface area contributed by atoms with Crippen LogP contribution in [-0.2, 0) is 14.8 Å². The van der Waals surface area contributed by atoms with Crippen LogP contribution in [0.1, 0.15) is 12.8 Å². The fourth-order valence-corrected chi connectivity index (χ4v) is 5.25. The average Bonchev–Trinajstić information content (AvgIpc) is 2.89. The zero-order chi connectivity index (χ0) is 24.8. The van der Waals surface area contributed by atoms with Gasteiger partial charge >= 0.3 is 6.03 Å². The minimum atomic E-state index is -3.80. The molecule has 8 nitrogen and oxygen atoms in total. The first-order valence-corrected chi connectivity index (χ1v) is 12.8. The third-order valence-corrected chi connectivity index (χ3v) is 7.77. The molecule has 1 saturated heterocycles. The Morgan fingerprint density at radius 2 is 1.54 bits per heavy atom. The molecule has 2 N–H and O–H groups in total. The van der Waals surface area contributed by atoms with Gasteiger partial charge in [0.2, 0.25) is 5.91 Å². The molecule has 0 bridgehead atoms. The van der Waals surface area contributed by atoms with E-state index in [2.05, 4.69) is 10.6 Å². The van der Waals surface area contributed by atoms with Gasteiger partial charge in [-0.25, -0.2) is 13.2 Å². The van der Waals surface area contributed by atoms with Crippen LogP contribution < -0.4 is 14.9 Å². The maximum Gasteiger partial charge on any atom is 0.321 e. The van der Waals surface area contributed by atoms with E-state index in [1.54, 1.807) is 41.3 Å². The minimum Gasteiger partial charge on any atom is -0.326 e. The van der Waals surface area contributed by atoms with Gasteiger partial charge in [0.15, 0.2) is 0 Å². The molecule has 0 unspecified atom stereocenters. The summed E-state index contributed by atoms with van der Waals surface area (Å²) in [6, 6.07) is 23.9. The molecule has 3 amide bonds. The molecule has 0 spiro atoms. The third-order valence-electron chi connectivity index (χ3n) is 5.98. The number of likely N-dealkylation sites (tertiary alicyclic amines) is 1. The van der Waals surface area contributed by atoms with E-state index in [9.17, 15) is 18.0 Å². The number of carbonyl (C=O) groups is 2. The summed E-state index contributed by atoms with van der Waals surface area (Å²) in [4.78, 5) is 27.3. The molecule has 0 aromatic heterocycles. The summed E-state index contributed by atoms with van der Waals surface area (Å²) < 4.78 is 27.4. The SMILES string of the molecule is CN(c1ccccc1)S(=O)(=O)c1cccc(NC(=O)[C@H]2CCCN(C(=O)Nc3ccccc3)C2)c1. The standard InChI is InChI=1S/C26H28N4O4S/c1-29(23-14-6-3-7-15-23)35(33,34)24-16-8-13-22(18-24)27-25(31)20-10-9-17-30(19-20)26(32)28-21-11-4-2-5-12-21/h2-8,11-16,18,20H,9-10,17,19H2,1H3,(H,27,31)(H,28,32)/t20-/m0/s1. The lowest BCUT2D eigenvalue weighted by atomic mass is 9.97. The molecule has 1 atom stereocenters. The highest BCUT2D eigenvalue weighted by atomic mass is 32.2. The number of sulfonamides is 1. The molecule has 182 valence electrons. The summed E-state index contributed by atoms with van der Waals surface area (Å²) in [7, 11) is -2.31. The second kappa shape index (κ2) is 10.6. The highest BCUT2D eigenvalue weighted by Crippen LogP contribution is 2.25. The molecule has 1 heterocycles. The summed E-state index contributed by atoms with van der Waals surface area (Å²) in [6.07, 6.45) is 1.35. The Bertz CT molecular complexity index is 1280. The van der Waals surface area contributed by atoms with E-state index >= 15 is 0 Å². The van der Waals surface area contributed by atoms with Crippen LogP contribution in [0.15, 0.2) is 89.8 Å². The quantitative estimate of drug-likeness (QED) is 0.533. The first kappa shape index (κ1) is 24.3. The molecule has 0 aliphatic carbocycles. The second-order valence-corrected chi connectivity index (χ2v) is 10.4. The van der Waals surface area contributed by atoms with E-state index in [1.165, 1.54) is 23.5 Å². The van der Waals surface area contributed by atoms with Gasteiger partial charge in [0, 0.05) is 31.5 Å². The molecule has 1 aliphatic rings. The number of nitrogens with one attached hydrogen (secondary N) is 2. The molecule has 0 saturated carbocycles. The van der Waals surface area contributed by atoms with Gasteiger partial charge < -0.3 is 15.5 Å². The first-order chi connectivity index (χ1) is 16.8. The van der Waals surface area contributed by atoms with Gasteiger partial charge in [0.1, 0.15) is 0 Å². The van der Waals surface area contributed by atoms with Crippen molar-refractivity contribution in [2.24, 2.45) is 5.92 Å². The smallest absolute Gasteiger partial charge is 0.321 e. The molecule has 0 radical (unpaired) electrons. The molecule has 3 aromatic carbocycles. The van der Waals surface area contributed by atoms with Crippen molar-refractivity contribution >= 4 is 39.0 Å². The van der Waals surface area contributed by atoms with E-state index in [0.29, 0.717) is 43.0 Å². The number of piperidine rings is 1. The fourth-order valence-electron chi connectivity index (χ4n) is 4.01. The van der Waals surface area contributed by atoms with Gasteiger partial charge in [-0.2, -0.15) is 0 Å². The predicted molar refractivity (Wildman–Crippen MR) is 137 cm³/mol. The Labute approximate surface area is 205 Å². The molecule has 4 rings (SSSR count). The molecule has 1 aliphatic heterocycles. The van der Waals surface area contributed by atoms with Crippen molar-refractivity contribution in [3.63, 3.8) is 0 Å². The van der Waals surface area contributed by atoms with E-state index in [4.69, 9.17) is 0 Å². The Hall–Kier alpha value is -3.85. The summed E-state index contributed by atoms with van der Waals surface area (Å²) >= 11 is 0. The van der Waals surface area contributed by atoms with Crippen LogP contribution in [0.4, 0.5) is 21.9 Å². The summed E-state index contributed by atoms with van der Waals surface area (Å²) in [6.45, 7) is 0.862. The fraction of sp³-hybridized carbons (Fsp3) is 0.231. The molecule has 1 fully saturated rings. The van der Waals surface area contributed by atoms with Crippen molar-refractivity contribution < 1.29 is 18.0 Å². The Balaban J connectivity index is 1.42. The average molecular weight is 493 g/mol. The van der Waals surface area contributed by atoms with Crippen LogP contribution in [0.25, 0.3) is 0 Å². The van der Waals surface area contributed by atoms with Gasteiger partial charge in [-0.1, -0.05) is 42.5 Å². The minimum absolute atomic E-state index is 0.0779. The van der Waals surface area contributed by atoms with Crippen molar-refractivity contribution in [1.82, 2.24) is 4.90 Å². The van der Waals surface area contributed by atoms with Crippen molar-refractivity contribution in [2.75, 3.05) is 35.1 Å². The maximum atomic E-state index is 13.1. The lowest BCUT2D eigenvalue weighted by Crippen LogP contribution is -2.45. The van der Waals surface area contributed by atoms with E-state index < -0.39 is 15.9 Å². The zero-order valence-corrected chi connectivity index (χ0v) is 20.2. The Morgan fingerprint density at radius 1 is 0.886 bits per heavy atom. The predicted octanol–water partition coefficient (Wildman–Crippen LogP) is 4.39. The summed E-state index contributed by atoms with van der Waals surface area (Å²) in [5, 5.41) is 5.68. The van der Waals surface area contributed by atoms with Crippen LogP contribution in [0.5, 0.6) is 0 Å². The normalized spacial score (nSPS) is 15.8. The highest BCUT2D eigenvalue weighted by Gasteiger charge is 2.29. The van der Waals surface area contributed by atoms with Gasteiger partial charge in [0.25, 0.3) is 10.0 Å². The summed E-state index contributed by atoms with van der Waals surface area (Å²) in [5.74, 6) is -0.634. The number of rotatable bonds is 6. The number of hydrogen-bond acceptors (Lipinski definition) is 4. The van der Waals surface area contributed by atoms with E-state index in [1.807, 2.05) is 36.4 Å². The molecule has 3 aromatic rings. The third kappa shape index (κ3) is 5.81. The summed E-state index contributed by atoms with van der Waals surface area (Å²) in [5.41, 5.74) is 1.63. The van der Waals surface area contributed by atoms with Gasteiger partial charge in [0.05, 0.1) is 16.5 Å². The Kier molecular flexibility index (Phi) is 7.36. The van der Waals surface area contributed by atoms with Gasteiger partial charge in [-0.15, -0.1) is 0 Å². The number of anilines is 3. The largest absolute Gasteiger partial charge is 0.326 e. The van der Waals surface area contributed by atoms with Crippen molar-refractivity contribution in [2.45, 2.75) is 17.7 Å². The van der Waals surface area contributed by atoms with Crippen LogP contribution >= 0.6 is 0 Å². The van der Waals surface area contributed by atoms with Crippen molar-refractivity contribution in [1.29, 1.82) is 0 Å². The monoisotopic (exact) mass is 492 g/mol. The number of hydrogen-bond donors (Lipinski definition) is 2. The second-order valence-electron chi connectivity index (χ2n) is 8.41. The van der Waals surface area contributed by atoms with Crippen LogP contribution in [0, 0.1) is 5.92 Å². The Morgan fingerprint density at radius 3 is 2.26 bits per heavy atom. The number of amides is 3. The number of nitrogens with zero attached hydrogens (tertiary/aromatic N) is 2. The number of benzene rings is 3. The first-order valence-electron chi connectivity index (χ1n) is 11.4. The highest BCUT2D eigenvalue weighted by molar-refractivity contribution is 7.92. The molecular formula is C26H28N4O4S. The molecule has 9 heteroatoms. The zero-order valence-electron chi connectivity index (χ0n) is 19.4. The van der Waals surface area contributed by atoms with Crippen LogP contribution in [-0.4, -0.2) is 45.4 Å². The molecular weight excluding hydrogens is 464 g/mol. The van der Waals surface area contributed by atoms with E-state index in [-0.39, 0.29) is 16.8 Å². The lowest BCUT2D eigenvalue weighted by Gasteiger charge is -2.32. The van der Waals surface area contributed by atoms with Gasteiger partial charge in [-0.05, 0) is 55.3 Å². The van der Waals surface area contributed by atoms with E-state index in [0.717, 1.165) is 0 Å². The van der Waals surface area contributed by atoms with Crippen LogP contribution in [0.3, 0.4) is 0 Å². The molecule has 35 heavy (non-hydrogen) atoms. The van der Waals surface area contributed by atoms with Crippen molar-refractivity contribution in [3.05, 3.63) is 84.9 Å². The van der Waals surface area contributed by atoms with Gasteiger partial charge in [-0.3, -0.25) is 9.10 Å². The number of urea groups is 1. The van der Waals surface area contributed by atoms with Crippen LogP contribution in [0.2, 0.25) is 0 Å². The number of carbonyl (C=O) groups excluding carboxylic acids is 2. The van der Waals surface area contributed by atoms with Crippen molar-refractivity contribution in [3.8, 4) is 0 Å². The topological polar surface area (TPSA) is 98.8 Å². The maximum absolute atomic E-state index is 13.1.